The lowest BCUT2D eigenvalue weighted by Crippen LogP contribution is -2.28. The molecule has 1 aromatic carbocycles. The van der Waals surface area contributed by atoms with E-state index in [0.717, 1.165) is 12.1 Å². The average molecular weight is 162 g/mol. The minimum absolute atomic E-state index is 0.0708. The predicted molar refractivity (Wildman–Crippen MR) is 52.6 cm³/mol. The van der Waals surface area contributed by atoms with E-state index in [-0.39, 0.29) is 5.54 Å². The van der Waals surface area contributed by atoms with Crippen LogP contribution in [0, 0.1) is 0 Å². The fraction of sp³-hybridized carbons (Fsp3) is 0.455. The van der Waals surface area contributed by atoms with Gasteiger partial charge < -0.3 is 0 Å². The lowest BCUT2D eigenvalue weighted by molar-refractivity contribution is 0.426. The van der Waals surface area contributed by atoms with Gasteiger partial charge in [0.25, 0.3) is 0 Å². The molecule has 0 bridgehead atoms. The summed E-state index contributed by atoms with van der Waals surface area (Å²) in [6.45, 7) is 6.46. The predicted octanol–water partition coefficient (Wildman–Crippen LogP) is 3.11. The summed E-state index contributed by atoms with van der Waals surface area (Å²) in [5.41, 5.74) is 1.14. The first-order valence-electron chi connectivity index (χ1n) is 4.42. The average Bonchev–Trinajstić information content (AvgIpc) is 2.06. The Morgan fingerprint density at radius 3 is 2.25 bits per heavy atom. The molecule has 1 radical (unpaired) electrons. The van der Waals surface area contributed by atoms with Crippen LogP contribution in [0.2, 0.25) is 0 Å². The van der Waals surface area contributed by atoms with Crippen molar-refractivity contribution in [2.75, 3.05) is 0 Å². The third-order valence-corrected chi connectivity index (χ3v) is 2.05. The van der Waals surface area contributed by atoms with E-state index in [2.05, 4.69) is 26.1 Å². The number of hydrogen-bond acceptors (Lipinski definition) is 0. The lowest BCUT2D eigenvalue weighted by Gasteiger charge is -2.22. The SMILES string of the molecule is CCC(C)(C)[N]c1ccccc1. The highest BCUT2D eigenvalue weighted by Gasteiger charge is 2.15. The van der Waals surface area contributed by atoms with Crippen LogP contribution in [-0.2, 0) is 0 Å². The number of rotatable bonds is 3. The van der Waals surface area contributed by atoms with E-state index in [1.165, 1.54) is 0 Å². The maximum atomic E-state index is 4.61. The van der Waals surface area contributed by atoms with Gasteiger partial charge in [-0.05, 0) is 32.4 Å². The third-order valence-electron chi connectivity index (χ3n) is 2.05. The molecular weight excluding hydrogens is 146 g/mol. The normalized spacial score (nSPS) is 11.2. The highest BCUT2D eigenvalue weighted by molar-refractivity contribution is 5.35. The molecule has 0 amide bonds. The first kappa shape index (κ1) is 9.11. The summed E-state index contributed by atoms with van der Waals surface area (Å²) in [6.07, 6.45) is 1.07. The van der Waals surface area contributed by atoms with Gasteiger partial charge in [-0.3, -0.25) is 5.32 Å². The van der Waals surface area contributed by atoms with Crippen LogP contribution in [0.15, 0.2) is 30.3 Å². The smallest absolute Gasteiger partial charge is 0.0580 e. The fourth-order valence-corrected chi connectivity index (χ4v) is 0.931. The minimum Gasteiger partial charge on any atom is -0.279 e. The molecule has 1 rings (SSSR count). The van der Waals surface area contributed by atoms with Crippen molar-refractivity contribution >= 4 is 5.69 Å². The summed E-state index contributed by atoms with van der Waals surface area (Å²) in [7, 11) is 0. The van der Waals surface area contributed by atoms with Crippen molar-refractivity contribution in [2.24, 2.45) is 0 Å². The van der Waals surface area contributed by atoms with Gasteiger partial charge in [0.1, 0.15) is 0 Å². The molecule has 0 aliphatic rings. The topological polar surface area (TPSA) is 14.1 Å². The number of hydrogen-bond donors (Lipinski definition) is 0. The number of benzene rings is 1. The van der Waals surface area contributed by atoms with Crippen molar-refractivity contribution in [1.29, 1.82) is 0 Å². The minimum atomic E-state index is 0.0708. The van der Waals surface area contributed by atoms with E-state index in [1.807, 2.05) is 30.3 Å². The van der Waals surface area contributed by atoms with E-state index in [0.29, 0.717) is 0 Å². The second-order valence-electron chi connectivity index (χ2n) is 3.61. The molecule has 0 spiro atoms. The molecule has 0 saturated heterocycles. The molecule has 1 aromatic rings. The van der Waals surface area contributed by atoms with Crippen molar-refractivity contribution in [1.82, 2.24) is 5.32 Å². The Labute approximate surface area is 74.8 Å². The molecule has 0 saturated carbocycles. The molecule has 0 atom stereocenters. The zero-order valence-electron chi connectivity index (χ0n) is 8.04. The Kier molecular flexibility index (Phi) is 2.74. The molecule has 0 heterocycles. The van der Waals surface area contributed by atoms with Gasteiger partial charge in [-0.1, -0.05) is 25.1 Å². The van der Waals surface area contributed by atoms with Crippen LogP contribution in [0.5, 0.6) is 0 Å². The van der Waals surface area contributed by atoms with Gasteiger partial charge in [0.05, 0.1) is 11.2 Å². The Hall–Kier alpha value is -0.980. The van der Waals surface area contributed by atoms with Crippen LogP contribution < -0.4 is 5.32 Å². The molecule has 1 nitrogen and oxygen atoms in total. The van der Waals surface area contributed by atoms with Crippen LogP contribution in [-0.4, -0.2) is 5.54 Å². The molecule has 0 N–H and O–H groups in total. The summed E-state index contributed by atoms with van der Waals surface area (Å²) < 4.78 is 0. The zero-order chi connectivity index (χ0) is 9.03. The summed E-state index contributed by atoms with van der Waals surface area (Å²) in [5.74, 6) is 0. The first-order chi connectivity index (χ1) is 5.64. The molecular formula is C11H16N. The van der Waals surface area contributed by atoms with Gasteiger partial charge >= 0.3 is 0 Å². The first-order valence-corrected chi connectivity index (χ1v) is 4.42. The van der Waals surface area contributed by atoms with Gasteiger partial charge in [0.2, 0.25) is 0 Å². The highest BCUT2D eigenvalue weighted by atomic mass is 15.0. The summed E-state index contributed by atoms with van der Waals surface area (Å²) >= 11 is 0. The van der Waals surface area contributed by atoms with E-state index in [9.17, 15) is 0 Å². The molecule has 0 aliphatic carbocycles. The Bertz CT molecular complexity index is 226. The monoisotopic (exact) mass is 162 g/mol. The van der Waals surface area contributed by atoms with Crippen LogP contribution in [0.1, 0.15) is 27.2 Å². The molecule has 0 fully saturated rings. The van der Waals surface area contributed by atoms with Gasteiger partial charge in [-0.25, -0.2) is 0 Å². The van der Waals surface area contributed by atoms with E-state index in [4.69, 9.17) is 0 Å². The summed E-state index contributed by atoms with van der Waals surface area (Å²) in [6, 6.07) is 10.1. The fourth-order valence-electron chi connectivity index (χ4n) is 0.931. The highest BCUT2D eigenvalue weighted by Crippen LogP contribution is 2.17. The summed E-state index contributed by atoms with van der Waals surface area (Å²) in [5, 5.41) is 4.61. The molecule has 1 heteroatoms. The van der Waals surface area contributed by atoms with E-state index in [1.54, 1.807) is 0 Å². The second-order valence-corrected chi connectivity index (χ2v) is 3.61. The Morgan fingerprint density at radius 1 is 1.17 bits per heavy atom. The van der Waals surface area contributed by atoms with Crippen LogP contribution >= 0.6 is 0 Å². The van der Waals surface area contributed by atoms with Crippen LogP contribution in [0.3, 0.4) is 0 Å². The van der Waals surface area contributed by atoms with Gasteiger partial charge in [-0.2, -0.15) is 0 Å². The molecule has 0 aliphatic heterocycles. The van der Waals surface area contributed by atoms with E-state index < -0.39 is 0 Å². The van der Waals surface area contributed by atoms with Crippen molar-refractivity contribution in [3.63, 3.8) is 0 Å². The van der Waals surface area contributed by atoms with Gasteiger partial charge in [0, 0.05) is 0 Å². The van der Waals surface area contributed by atoms with Crippen molar-refractivity contribution < 1.29 is 0 Å². The molecule has 12 heavy (non-hydrogen) atoms. The van der Waals surface area contributed by atoms with Crippen molar-refractivity contribution in [2.45, 2.75) is 32.7 Å². The Morgan fingerprint density at radius 2 is 1.75 bits per heavy atom. The zero-order valence-corrected chi connectivity index (χ0v) is 8.04. The summed E-state index contributed by atoms with van der Waals surface area (Å²) in [4.78, 5) is 0. The number of nitrogens with zero attached hydrogens (tertiary/aromatic N) is 1. The van der Waals surface area contributed by atoms with Gasteiger partial charge in [-0.15, -0.1) is 0 Å². The standard InChI is InChI=1S/C11H16N/c1-4-11(2,3)12-10-8-6-5-7-9-10/h5-9H,4H2,1-3H3. The van der Waals surface area contributed by atoms with Crippen molar-refractivity contribution in [3.8, 4) is 0 Å². The molecule has 65 valence electrons. The Balaban J connectivity index is 2.64. The largest absolute Gasteiger partial charge is 0.279 e. The third kappa shape index (κ3) is 2.57. The van der Waals surface area contributed by atoms with Crippen LogP contribution in [0.25, 0.3) is 0 Å². The maximum absolute atomic E-state index is 4.61. The lowest BCUT2D eigenvalue weighted by atomic mass is 10.0. The van der Waals surface area contributed by atoms with Gasteiger partial charge in [0.15, 0.2) is 0 Å². The quantitative estimate of drug-likeness (QED) is 0.648. The molecule has 0 unspecified atom stereocenters. The van der Waals surface area contributed by atoms with E-state index >= 15 is 0 Å². The maximum Gasteiger partial charge on any atom is 0.0580 e. The second kappa shape index (κ2) is 3.61. The van der Waals surface area contributed by atoms with Crippen molar-refractivity contribution in [3.05, 3.63) is 30.3 Å². The number of para-hydroxylation sites is 1. The van der Waals surface area contributed by atoms with Crippen LogP contribution in [0.4, 0.5) is 5.69 Å². The molecule has 0 aromatic heterocycles.